The fourth-order valence-corrected chi connectivity index (χ4v) is 5.12. The van der Waals surface area contributed by atoms with Crippen LogP contribution in [0.25, 0.3) is 0 Å². The summed E-state index contributed by atoms with van der Waals surface area (Å²) in [5.74, 6) is 2.64. The Morgan fingerprint density at radius 1 is 1.03 bits per heavy atom. The van der Waals surface area contributed by atoms with Crippen LogP contribution in [-0.4, -0.2) is 24.3 Å². The number of allylic oxidation sites excluding steroid dienone is 2. The van der Waals surface area contributed by atoms with Gasteiger partial charge in [0.15, 0.2) is 0 Å². The van der Waals surface area contributed by atoms with Gasteiger partial charge in [-0.2, -0.15) is 0 Å². The zero-order chi connectivity index (χ0) is 21.1. The second-order valence-electron chi connectivity index (χ2n) is 9.66. The van der Waals surface area contributed by atoms with Crippen molar-refractivity contribution in [1.29, 1.82) is 0 Å². The van der Waals surface area contributed by atoms with E-state index < -0.39 is 0 Å². The van der Waals surface area contributed by atoms with Gasteiger partial charge in [0.25, 0.3) is 0 Å². The molecule has 2 aliphatic rings. The van der Waals surface area contributed by atoms with Crippen molar-refractivity contribution in [1.82, 2.24) is 0 Å². The third-order valence-corrected chi connectivity index (χ3v) is 7.26. The van der Waals surface area contributed by atoms with Crippen LogP contribution in [0.2, 0.25) is 0 Å². The van der Waals surface area contributed by atoms with Crippen LogP contribution >= 0.6 is 0 Å². The monoisotopic (exact) mass is 404 g/mol. The summed E-state index contributed by atoms with van der Waals surface area (Å²) in [6.07, 6.45) is 20.8. The Morgan fingerprint density at radius 3 is 2.14 bits per heavy atom. The molecule has 29 heavy (non-hydrogen) atoms. The van der Waals surface area contributed by atoms with E-state index in [1.807, 2.05) is 0 Å². The van der Waals surface area contributed by atoms with Crippen molar-refractivity contribution in [3.63, 3.8) is 0 Å². The molecule has 0 aromatic rings. The lowest BCUT2D eigenvalue weighted by atomic mass is 9.75. The van der Waals surface area contributed by atoms with Crippen LogP contribution in [0.15, 0.2) is 24.3 Å². The predicted molar refractivity (Wildman–Crippen MR) is 121 cm³/mol. The highest BCUT2D eigenvalue weighted by Crippen LogP contribution is 2.36. The van der Waals surface area contributed by atoms with Crippen LogP contribution in [0.5, 0.6) is 0 Å². The van der Waals surface area contributed by atoms with Gasteiger partial charge in [-0.25, -0.2) is 4.79 Å². The summed E-state index contributed by atoms with van der Waals surface area (Å²) in [6.45, 7) is 7.97. The lowest BCUT2D eigenvalue weighted by molar-refractivity contribution is -0.141. The molecular weight excluding hydrogens is 360 g/mol. The van der Waals surface area contributed by atoms with Gasteiger partial charge in [0.2, 0.25) is 0 Å². The normalized spacial score (nSPS) is 28.9. The molecule has 2 fully saturated rings. The topological polar surface area (TPSA) is 46.5 Å². The van der Waals surface area contributed by atoms with Crippen LogP contribution in [0.1, 0.15) is 90.9 Å². The molecule has 0 heterocycles. The average Bonchev–Trinajstić information content (AvgIpc) is 2.74. The van der Waals surface area contributed by atoms with Gasteiger partial charge in [-0.05, 0) is 82.0 Å². The standard InChI is InChI=1S/C26H44O3/c1-4-5-6-7-21-8-10-22(11-9-21)12-13-23-14-16-24(17-15-23)25(18-27)19-29-26(28)20(2)3/h12-13,21-25,27H,2,4-11,14-19H2,1,3H3/b13-12+. The maximum absolute atomic E-state index is 11.6. The smallest absolute Gasteiger partial charge is 0.333 e. The highest BCUT2D eigenvalue weighted by atomic mass is 16.5. The highest BCUT2D eigenvalue weighted by Gasteiger charge is 2.28. The van der Waals surface area contributed by atoms with Gasteiger partial charge >= 0.3 is 5.97 Å². The molecule has 0 amide bonds. The number of hydrogen-bond donors (Lipinski definition) is 1. The van der Waals surface area contributed by atoms with Crippen LogP contribution < -0.4 is 0 Å². The maximum Gasteiger partial charge on any atom is 0.333 e. The zero-order valence-corrected chi connectivity index (χ0v) is 18.9. The number of unbranched alkanes of at least 4 members (excludes halogenated alkanes) is 2. The Kier molecular flexibility index (Phi) is 11.1. The van der Waals surface area contributed by atoms with E-state index >= 15 is 0 Å². The first kappa shape index (κ1) is 24.2. The quantitative estimate of drug-likeness (QED) is 0.186. The van der Waals surface area contributed by atoms with E-state index in [2.05, 4.69) is 25.7 Å². The SMILES string of the molecule is C=C(C)C(=O)OCC(CO)C1CCC(/C=C/C2CCC(CCCCC)CC2)CC1. The second-order valence-corrected chi connectivity index (χ2v) is 9.66. The molecule has 2 saturated carbocycles. The third kappa shape index (κ3) is 8.66. The van der Waals surface area contributed by atoms with Gasteiger partial charge in [-0.3, -0.25) is 0 Å². The highest BCUT2D eigenvalue weighted by molar-refractivity contribution is 5.86. The fraction of sp³-hybridized carbons (Fsp3) is 0.808. The number of carbonyl (C=O) groups excluding carboxylic acids is 1. The lowest BCUT2D eigenvalue weighted by Gasteiger charge is -2.32. The first-order valence-electron chi connectivity index (χ1n) is 12.1. The molecule has 166 valence electrons. The molecule has 2 rings (SSSR count). The Bertz CT molecular complexity index is 508. The molecule has 2 aliphatic carbocycles. The summed E-state index contributed by atoms with van der Waals surface area (Å²) < 4.78 is 5.29. The molecule has 3 heteroatoms. The molecule has 1 unspecified atom stereocenters. The van der Waals surface area contributed by atoms with E-state index in [0.717, 1.165) is 24.7 Å². The number of aliphatic hydroxyl groups is 1. The first-order chi connectivity index (χ1) is 14.0. The zero-order valence-electron chi connectivity index (χ0n) is 18.9. The summed E-state index contributed by atoms with van der Waals surface area (Å²) in [7, 11) is 0. The summed E-state index contributed by atoms with van der Waals surface area (Å²) in [5.41, 5.74) is 0.422. The van der Waals surface area contributed by atoms with Gasteiger partial charge in [0, 0.05) is 18.1 Å². The van der Waals surface area contributed by atoms with E-state index in [-0.39, 0.29) is 18.5 Å². The molecule has 1 atom stereocenters. The predicted octanol–water partition coefficient (Wildman–Crippen LogP) is 6.46. The van der Waals surface area contributed by atoms with Gasteiger partial charge in [-0.1, -0.05) is 51.3 Å². The summed E-state index contributed by atoms with van der Waals surface area (Å²) >= 11 is 0. The molecule has 0 bridgehead atoms. The Morgan fingerprint density at radius 2 is 1.62 bits per heavy atom. The van der Waals surface area contributed by atoms with E-state index in [9.17, 15) is 9.90 Å². The van der Waals surface area contributed by atoms with E-state index in [1.54, 1.807) is 6.92 Å². The molecule has 0 radical (unpaired) electrons. The minimum Gasteiger partial charge on any atom is -0.462 e. The Hall–Kier alpha value is -1.09. The first-order valence-corrected chi connectivity index (χ1v) is 12.1. The number of esters is 1. The van der Waals surface area contributed by atoms with E-state index in [0.29, 0.717) is 24.0 Å². The van der Waals surface area contributed by atoms with Crippen LogP contribution in [0.4, 0.5) is 0 Å². The van der Waals surface area contributed by atoms with Gasteiger partial charge < -0.3 is 9.84 Å². The van der Waals surface area contributed by atoms with Gasteiger partial charge in [0.05, 0.1) is 6.61 Å². The largest absolute Gasteiger partial charge is 0.462 e. The molecule has 0 spiro atoms. The van der Waals surface area contributed by atoms with Crippen molar-refractivity contribution in [3.8, 4) is 0 Å². The van der Waals surface area contributed by atoms with Crippen molar-refractivity contribution in [2.75, 3.05) is 13.2 Å². The minimum absolute atomic E-state index is 0.0613. The second kappa shape index (κ2) is 13.3. The van der Waals surface area contributed by atoms with Crippen molar-refractivity contribution in [2.45, 2.75) is 90.9 Å². The van der Waals surface area contributed by atoms with Crippen LogP contribution in [0.3, 0.4) is 0 Å². The Balaban J connectivity index is 1.66. The van der Waals surface area contributed by atoms with E-state index in [1.165, 1.54) is 64.2 Å². The Labute approximate surface area is 179 Å². The van der Waals surface area contributed by atoms with Crippen molar-refractivity contribution >= 4 is 5.97 Å². The van der Waals surface area contributed by atoms with E-state index in [4.69, 9.17) is 4.74 Å². The van der Waals surface area contributed by atoms with Gasteiger partial charge in [-0.15, -0.1) is 0 Å². The molecule has 0 saturated heterocycles. The van der Waals surface area contributed by atoms with Crippen molar-refractivity contribution < 1.29 is 14.6 Å². The summed E-state index contributed by atoms with van der Waals surface area (Å²) in [4.78, 5) is 11.6. The molecular formula is C26H44O3. The number of ether oxygens (including phenoxy) is 1. The molecule has 1 N–H and O–H groups in total. The molecule has 0 aromatic heterocycles. The molecule has 0 aliphatic heterocycles. The average molecular weight is 405 g/mol. The number of aliphatic hydroxyl groups excluding tert-OH is 1. The third-order valence-electron chi connectivity index (χ3n) is 7.26. The van der Waals surface area contributed by atoms with Gasteiger partial charge in [0.1, 0.15) is 0 Å². The summed E-state index contributed by atoms with van der Waals surface area (Å²) in [6, 6.07) is 0. The van der Waals surface area contributed by atoms with Crippen LogP contribution in [0, 0.1) is 29.6 Å². The fourth-order valence-electron chi connectivity index (χ4n) is 5.12. The van der Waals surface area contributed by atoms with Crippen molar-refractivity contribution in [2.24, 2.45) is 29.6 Å². The number of rotatable bonds is 11. The number of hydrogen-bond acceptors (Lipinski definition) is 3. The van der Waals surface area contributed by atoms with Crippen molar-refractivity contribution in [3.05, 3.63) is 24.3 Å². The summed E-state index contributed by atoms with van der Waals surface area (Å²) in [5, 5.41) is 9.73. The molecule has 0 aromatic carbocycles. The lowest BCUT2D eigenvalue weighted by Crippen LogP contribution is -2.28. The minimum atomic E-state index is -0.347. The maximum atomic E-state index is 11.6. The molecule has 3 nitrogen and oxygen atoms in total. The van der Waals surface area contributed by atoms with Crippen LogP contribution in [-0.2, 0) is 9.53 Å². The number of carbonyl (C=O) groups is 1.